The number of carbonyl (C=O) groups is 2. The van der Waals surface area contributed by atoms with Gasteiger partial charge in [0.25, 0.3) is 0 Å². The first kappa shape index (κ1) is 24.6. The van der Waals surface area contributed by atoms with E-state index in [1.54, 1.807) is 0 Å². The van der Waals surface area contributed by atoms with Gasteiger partial charge < -0.3 is 24.6 Å². The number of hydrogen-bond acceptors (Lipinski definition) is 5. The Labute approximate surface area is 233 Å². The zero-order valence-corrected chi connectivity index (χ0v) is 23.2. The Morgan fingerprint density at radius 2 is 1.47 bits per heavy atom. The largest absolute Gasteiger partial charge is 0.368 e. The van der Waals surface area contributed by atoms with E-state index in [2.05, 4.69) is 86.0 Å². The standard InChI is InChI=1S/C29H27IN6O2/c1-18(37)5-10-27(38)36-13-11-35(12-14-36)22-7-9-24-26(17-22)34-29(32-24)20-6-8-23-25(16-20)33-28(31-23)19-3-2-4-21(30)15-19/h2-4,6-9,15-17H,5,10-14H2,1H3,(H,31,33)(H,32,34). The van der Waals surface area contributed by atoms with E-state index < -0.39 is 0 Å². The number of ketones is 1. The highest BCUT2D eigenvalue weighted by atomic mass is 127. The minimum Gasteiger partial charge on any atom is -0.368 e. The molecule has 3 heterocycles. The molecule has 0 unspecified atom stereocenters. The molecule has 1 fully saturated rings. The lowest BCUT2D eigenvalue weighted by Crippen LogP contribution is -2.48. The molecule has 192 valence electrons. The minimum atomic E-state index is 0.0553. The van der Waals surface area contributed by atoms with E-state index >= 15 is 0 Å². The van der Waals surface area contributed by atoms with Gasteiger partial charge in [-0.3, -0.25) is 4.79 Å². The van der Waals surface area contributed by atoms with Gasteiger partial charge in [0.1, 0.15) is 17.4 Å². The Kier molecular flexibility index (Phi) is 6.61. The van der Waals surface area contributed by atoms with E-state index in [0.717, 1.165) is 63.6 Å². The first-order valence-corrected chi connectivity index (χ1v) is 13.8. The van der Waals surface area contributed by atoms with Crippen molar-refractivity contribution in [3.8, 4) is 22.8 Å². The van der Waals surface area contributed by atoms with Crippen LogP contribution in [-0.2, 0) is 9.59 Å². The second kappa shape index (κ2) is 10.2. The third kappa shape index (κ3) is 5.02. The number of nitrogens with zero attached hydrogens (tertiary/aromatic N) is 4. The molecule has 0 saturated carbocycles. The fraction of sp³-hybridized carbons (Fsp3) is 0.241. The number of aromatic nitrogens is 4. The predicted octanol–water partition coefficient (Wildman–Crippen LogP) is 5.40. The number of aromatic amines is 2. The molecule has 2 aromatic heterocycles. The number of fused-ring (bicyclic) bond motifs is 2. The van der Waals surface area contributed by atoms with E-state index in [-0.39, 0.29) is 11.7 Å². The lowest BCUT2D eigenvalue weighted by Gasteiger charge is -2.36. The molecule has 6 rings (SSSR count). The molecule has 0 bridgehead atoms. The Hall–Kier alpha value is -3.73. The number of piperazine rings is 1. The number of H-pyrrole nitrogens is 2. The van der Waals surface area contributed by atoms with E-state index in [9.17, 15) is 9.59 Å². The minimum absolute atomic E-state index is 0.0553. The van der Waals surface area contributed by atoms with Gasteiger partial charge in [0.15, 0.2) is 0 Å². The Morgan fingerprint density at radius 3 is 2.16 bits per heavy atom. The van der Waals surface area contributed by atoms with Crippen molar-refractivity contribution in [1.29, 1.82) is 0 Å². The quantitative estimate of drug-likeness (QED) is 0.249. The number of Topliss-reactive ketones (excluding diaryl/α,β-unsaturated/α-hetero) is 1. The number of hydrogen-bond donors (Lipinski definition) is 2. The molecule has 38 heavy (non-hydrogen) atoms. The normalized spacial score (nSPS) is 13.9. The van der Waals surface area contributed by atoms with Gasteiger partial charge in [-0.1, -0.05) is 12.1 Å². The summed E-state index contributed by atoms with van der Waals surface area (Å²) in [5, 5.41) is 0. The molecule has 9 heteroatoms. The number of carbonyl (C=O) groups excluding carboxylic acids is 2. The summed E-state index contributed by atoms with van der Waals surface area (Å²) in [4.78, 5) is 44.3. The van der Waals surface area contributed by atoms with Gasteiger partial charge in [-0.05, 0) is 78.0 Å². The fourth-order valence-electron chi connectivity index (χ4n) is 4.91. The Bertz CT molecular complexity index is 1660. The van der Waals surface area contributed by atoms with Crippen LogP contribution in [0, 0.1) is 3.57 Å². The number of amides is 1. The number of halogens is 1. The number of nitrogens with one attached hydrogen (secondary N) is 2. The molecule has 1 aliphatic heterocycles. The van der Waals surface area contributed by atoms with Gasteiger partial charge in [-0.25, -0.2) is 9.97 Å². The molecule has 1 amide bonds. The highest BCUT2D eigenvalue weighted by molar-refractivity contribution is 14.1. The number of imidazole rings is 2. The van der Waals surface area contributed by atoms with Gasteiger partial charge in [-0.15, -0.1) is 0 Å². The summed E-state index contributed by atoms with van der Waals surface area (Å²) in [6.45, 7) is 4.36. The smallest absolute Gasteiger partial charge is 0.223 e. The van der Waals surface area contributed by atoms with Crippen LogP contribution in [0.3, 0.4) is 0 Å². The first-order valence-electron chi connectivity index (χ1n) is 12.7. The van der Waals surface area contributed by atoms with Crippen LogP contribution in [0.4, 0.5) is 5.69 Å². The summed E-state index contributed by atoms with van der Waals surface area (Å²) < 4.78 is 1.17. The molecule has 2 N–H and O–H groups in total. The van der Waals surface area contributed by atoms with Crippen LogP contribution in [0.1, 0.15) is 19.8 Å². The number of rotatable bonds is 6. The van der Waals surface area contributed by atoms with Gasteiger partial charge in [0, 0.05) is 59.4 Å². The maximum atomic E-state index is 12.4. The summed E-state index contributed by atoms with van der Waals surface area (Å²) in [6, 6.07) is 20.7. The first-order chi connectivity index (χ1) is 18.4. The number of benzene rings is 3. The van der Waals surface area contributed by atoms with E-state index in [4.69, 9.17) is 9.97 Å². The van der Waals surface area contributed by atoms with Crippen LogP contribution in [0.25, 0.3) is 44.8 Å². The van der Waals surface area contributed by atoms with Crippen molar-refractivity contribution < 1.29 is 9.59 Å². The van der Waals surface area contributed by atoms with Crippen LogP contribution < -0.4 is 4.90 Å². The average molecular weight is 618 g/mol. The second-order valence-electron chi connectivity index (χ2n) is 9.68. The average Bonchev–Trinajstić information content (AvgIpc) is 3.55. The van der Waals surface area contributed by atoms with Crippen LogP contribution in [-0.4, -0.2) is 62.7 Å². The molecular weight excluding hydrogens is 591 g/mol. The fourth-order valence-corrected chi connectivity index (χ4v) is 5.45. The van der Waals surface area contributed by atoms with Gasteiger partial charge >= 0.3 is 0 Å². The monoisotopic (exact) mass is 618 g/mol. The maximum Gasteiger partial charge on any atom is 0.223 e. The topological polar surface area (TPSA) is 98.0 Å². The molecule has 0 spiro atoms. The van der Waals surface area contributed by atoms with Crippen molar-refractivity contribution >= 4 is 62.0 Å². The molecule has 0 radical (unpaired) electrons. The van der Waals surface area contributed by atoms with Crippen molar-refractivity contribution in [2.75, 3.05) is 31.1 Å². The third-order valence-electron chi connectivity index (χ3n) is 7.01. The maximum absolute atomic E-state index is 12.4. The van der Waals surface area contributed by atoms with Crippen LogP contribution >= 0.6 is 22.6 Å². The zero-order chi connectivity index (χ0) is 26.2. The lowest BCUT2D eigenvalue weighted by molar-refractivity contribution is -0.133. The highest BCUT2D eigenvalue weighted by Gasteiger charge is 2.22. The van der Waals surface area contributed by atoms with Crippen molar-refractivity contribution in [3.63, 3.8) is 0 Å². The molecule has 3 aromatic carbocycles. The highest BCUT2D eigenvalue weighted by Crippen LogP contribution is 2.28. The molecular formula is C29H27IN6O2. The molecule has 8 nitrogen and oxygen atoms in total. The third-order valence-corrected chi connectivity index (χ3v) is 7.68. The Balaban J connectivity index is 1.19. The van der Waals surface area contributed by atoms with E-state index in [0.29, 0.717) is 25.9 Å². The van der Waals surface area contributed by atoms with Crippen LogP contribution in [0.5, 0.6) is 0 Å². The molecule has 0 aliphatic carbocycles. The van der Waals surface area contributed by atoms with Crippen molar-refractivity contribution in [1.82, 2.24) is 24.8 Å². The summed E-state index contributed by atoms with van der Waals surface area (Å²) in [5.41, 5.74) is 6.90. The van der Waals surface area contributed by atoms with Gasteiger partial charge in [0.05, 0.1) is 22.1 Å². The molecule has 1 aliphatic rings. The van der Waals surface area contributed by atoms with Crippen molar-refractivity contribution in [3.05, 3.63) is 64.2 Å². The van der Waals surface area contributed by atoms with E-state index in [1.807, 2.05) is 17.0 Å². The van der Waals surface area contributed by atoms with Crippen LogP contribution in [0.2, 0.25) is 0 Å². The Morgan fingerprint density at radius 1 is 0.816 bits per heavy atom. The summed E-state index contributed by atoms with van der Waals surface area (Å²) in [6.07, 6.45) is 0.617. The van der Waals surface area contributed by atoms with Crippen molar-refractivity contribution in [2.24, 2.45) is 0 Å². The van der Waals surface area contributed by atoms with E-state index in [1.165, 1.54) is 10.5 Å². The van der Waals surface area contributed by atoms with Gasteiger partial charge in [-0.2, -0.15) is 0 Å². The lowest BCUT2D eigenvalue weighted by atomic mass is 10.2. The molecule has 0 atom stereocenters. The predicted molar refractivity (Wildman–Crippen MR) is 158 cm³/mol. The summed E-state index contributed by atoms with van der Waals surface area (Å²) >= 11 is 2.31. The molecule has 5 aromatic rings. The van der Waals surface area contributed by atoms with Crippen molar-refractivity contribution in [2.45, 2.75) is 19.8 Å². The number of anilines is 1. The SMILES string of the molecule is CC(=O)CCC(=O)N1CCN(c2ccc3[nH]c(-c4ccc5[nH]c(-c6cccc(I)c6)nc5c4)nc3c2)CC1. The zero-order valence-electron chi connectivity index (χ0n) is 21.0. The molecule has 1 saturated heterocycles. The summed E-state index contributed by atoms with van der Waals surface area (Å²) in [5.74, 6) is 1.77. The van der Waals surface area contributed by atoms with Crippen LogP contribution in [0.15, 0.2) is 60.7 Å². The second-order valence-corrected chi connectivity index (χ2v) is 10.9. The van der Waals surface area contributed by atoms with Gasteiger partial charge in [0.2, 0.25) is 5.91 Å². The summed E-state index contributed by atoms with van der Waals surface area (Å²) in [7, 11) is 0.